The monoisotopic (exact) mass is 467 g/mol. The lowest BCUT2D eigenvalue weighted by Crippen LogP contribution is -2.37. The van der Waals surface area contributed by atoms with Crippen molar-refractivity contribution in [2.24, 2.45) is 0 Å². The van der Waals surface area contributed by atoms with Crippen LogP contribution in [0.25, 0.3) is 0 Å². The van der Waals surface area contributed by atoms with E-state index in [1.54, 1.807) is 7.11 Å². The number of carbonyl (C=O) groups is 1. The van der Waals surface area contributed by atoms with Gasteiger partial charge < -0.3 is 23.8 Å². The summed E-state index contributed by atoms with van der Waals surface area (Å²) in [5.74, 6) is 0.920. The summed E-state index contributed by atoms with van der Waals surface area (Å²) in [6, 6.07) is 14.1. The Labute approximate surface area is 203 Å². The van der Waals surface area contributed by atoms with Crippen LogP contribution in [0.1, 0.15) is 60.2 Å². The number of ether oxygens (including phenoxy) is 4. The van der Waals surface area contributed by atoms with E-state index in [0.29, 0.717) is 26.4 Å². The second-order valence-electron chi connectivity index (χ2n) is 9.80. The van der Waals surface area contributed by atoms with Crippen molar-refractivity contribution in [2.75, 3.05) is 40.1 Å². The van der Waals surface area contributed by atoms with E-state index >= 15 is 0 Å². The fourth-order valence-electron chi connectivity index (χ4n) is 4.55. The first-order valence-electron chi connectivity index (χ1n) is 12.3. The van der Waals surface area contributed by atoms with E-state index in [4.69, 9.17) is 18.9 Å². The molecule has 1 fully saturated rings. The highest BCUT2D eigenvalue weighted by Crippen LogP contribution is 2.29. The molecule has 0 aliphatic carbocycles. The van der Waals surface area contributed by atoms with E-state index in [1.165, 1.54) is 12.0 Å². The summed E-state index contributed by atoms with van der Waals surface area (Å²) in [6.45, 7) is 8.17. The Morgan fingerprint density at radius 3 is 2.65 bits per heavy atom. The van der Waals surface area contributed by atoms with Crippen LogP contribution in [-0.4, -0.2) is 57.2 Å². The van der Waals surface area contributed by atoms with Gasteiger partial charge in [-0.3, -0.25) is 4.79 Å². The fraction of sp³-hybridized carbons (Fsp3) is 0.536. The van der Waals surface area contributed by atoms with E-state index in [2.05, 4.69) is 26.0 Å². The third kappa shape index (κ3) is 6.17. The zero-order valence-electron chi connectivity index (χ0n) is 20.7. The number of amides is 1. The Bertz CT molecular complexity index is 950. The van der Waals surface area contributed by atoms with Crippen molar-refractivity contribution in [3.8, 4) is 5.75 Å². The van der Waals surface area contributed by atoms with Crippen LogP contribution in [0.2, 0.25) is 0 Å². The third-order valence-corrected chi connectivity index (χ3v) is 6.72. The summed E-state index contributed by atoms with van der Waals surface area (Å²) >= 11 is 0. The molecule has 2 aliphatic rings. The predicted molar refractivity (Wildman–Crippen MR) is 131 cm³/mol. The van der Waals surface area contributed by atoms with E-state index < -0.39 is 0 Å². The molecule has 1 unspecified atom stereocenters. The molecule has 0 aromatic heterocycles. The molecule has 2 heterocycles. The molecule has 34 heavy (non-hydrogen) atoms. The predicted octanol–water partition coefficient (Wildman–Crippen LogP) is 4.73. The minimum Gasteiger partial charge on any atom is -0.497 e. The summed E-state index contributed by atoms with van der Waals surface area (Å²) < 4.78 is 22.5. The summed E-state index contributed by atoms with van der Waals surface area (Å²) in [4.78, 5) is 15.1. The Morgan fingerprint density at radius 1 is 1.09 bits per heavy atom. The van der Waals surface area contributed by atoms with E-state index in [-0.39, 0.29) is 17.6 Å². The second-order valence-corrected chi connectivity index (χ2v) is 9.80. The number of carbonyl (C=O) groups excluding carboxylic acids is 1. The Balaban J connectivity index is 1.30. The van der Waals surface area contributed by atoms with Gasteiger partial charge in [0, 0.05) is 30.7 Å². The van der Waals surface area contributed by atoms with Gasteiger partial charge in [0.2, 0.25) is 0 Å². The Morgan fingerprint density at radius 2 is 1.91 bits per heavy atom. The van der Waals surface area contributed by atoms with Crippen molar-refractivity contribution in [2.45, 2.75) is 57.8 Å². The van der Waals surface area contributed by atoms with Crippen LogP contribution in [0, 0.1) is 0 Å². The Kier molecular flexibility index (Phi) is 8.24. The van der Waals surface area contributed by atoms with Gasteiger partial charge in [0.05, 0.1) is 26.9 Å². The maximum absolute atomic E-state index is 13.1. The van der Waals surface area contributed by atoms with Crippen LogP contribution >= 0.6 is 0 Å². The van der Waals surface area contributed by atoms with Crippen molar-refractivity contribution >= 4 is 5.91 Å². The molecular weight excluding hydrogens is 430 g/mol. The van der Waals surface area contributed by atoms with Crippen molar-refractivity contribution in [3.63, 3.8) is 0 Å². The number of rotatable bonds is 10. The van der Waals surface area contributed by atoms with E-state index in [9.17, 15) is 4.79 Å². The molecule has 6 nitrogen and oxygen atoms in total. The van der Waals surface area contributed by atoms with Crippen LogP contribution in [-0.2, 0) is 32.6 Å². The van der Waals surface area contributed by atoms with Crippen LogP contribution in [0.3, 0.4) is 0 Å². The average molecular weight is 468 g/mol. The van der Waals surface area contributed by atoms with E-state index in [0.717, 1.165) is 54.9 Å². The van der Waals surface area contributed by atoms with Crippen molar-refractivity contribution < 1.29 is 23.7 Å². The number of hydrogen-bond acceptors (Lipinski definition) is 5. The third-order valence-electron chi connectivity index (χ3n) is 6.72. The van der Waals surface area contributed by atoms with Crippen LogP contribution in [0.5, 0.6) is 5.75 Å². The molecule has 2 aromatic rings. The second kappa shape index (κ2) is 11.3. The van der Waals surface area contributed by atoms with Gasteiger partial charge in [-0.25, -0.2) is 0 Å². The zero-order chi connectivity index (χ0) is 24.0. The SMILES string of the molecule is COc1ccc(CN2CCc3cc(C(C)(C)COCCOC4CCCCO4)ccc3C2=O)cc1. The lowest BCUT2D eigenvalue weighted by molar-refractivity contribution is -0.169. The van der Waals surface area contributed by atoms with Crippen molar-refractivity contribution in [1.29, 1.82) is 0 Å². The minimum atomic E-state index is -0.153. The molecule has 0 N–H and O–H groups in total. The number of nitrogens with zero attached hydrogens (tertiary/aromatic N) is 1. The largest absolute Gasteiger partial charge is 0.497 e. The first kappa shape index (κ1) is 24.7. The highest BCUT2D eigenvalue weighted by Gasteiger charge is 2.28. The lowest BCUT2D eigenvalue weighted by atomic mass is 9.82. The quantitative estimate of drug-likeness (QED) is 0.473. The molecule has 0 spiro atoms. The topological polar surface area (TPSA) is 57.2 Å². The number of hydrogen-bond donors (Lipinski definition) is 0. The zero-order valence-corrected chi connectivity index (χ0v) is 20.7. The summed E-state index contributed by atoms with van der Waals surface area (Å²) in [5.41, 5.74) is 4.07. The highest BCUT2D eigenvalue weighted by molar-refractivity contribution is 5.96. The summed E-state index contributed by atoms with van der Waals surface area (Å²) in [7, 11) is 1.66. The van der Waals surface area contributed by atoms with Gasteiger partial charge in [0.1, 0.15) is 5.75 Å². The average Bonchev–Trinajstić information content (AvgIpc) is 2.86. The molecule has 1 atom stereocenters. The molecule has 6 heteroatoms. The van der Waals surface area contributed by atoms with E-state index in [1.807, 2.05) is 35.2 Å². The maximum Gasteiger partial charge on any atom is 0.254 e. The number of benzene rings is 2. The summed E-state index contributed by atoms with van der Waals surface area (Å²) in [6.07, 6.45) is 4.04. The molecule has 0 saturated carbocycles. The van der Waals surface area contributed by atoms with Gasteiger partial charge in [0.15, 0.2) is 6.29 Å². The standard InChI is InChI=1S/C28H37NO5/c1-28(2,20-32-16-17-34-26-6-4-5-15-33-26)23-9-12-25-22(18-23)13-14-29(27(25)30)19-21-7-10-24(31-3)11-8-21/h7-12,18,26H,4-6,13-17,19-20H2,1-3H3. The molecule has 4 rings (SSSR count). The van der Waals surface area contributed by atoms with Crippen LogP contribution in [0.15, 0.2) is 42.5 Å². The molecule has 1 amide bonds. The van der Waals surface area contributed by atoms with Gasteiger partial charge in [-0.1, -0.05) is 38.1 Å². The molecule has 2 aliphatic heterocycles. The number of methoxy groups -OCH3 is 1. The molecule has 184 valence electrons. The smallest absolute Gasteiger partial charge is 0.254 e. The molecule has 0 bridgehead atoms. The van der Waals surface area contributed by atoms with Crippen molar-refractivity contribution in [1.82, 2.24) is 4.90 Å². The highest BCUT2D eigenvalue weighted by atomic mass is 16.7. The first-order valence-corrected chi connectivity index (χ1v) is 12.3. The van der Waals surface area contributed by atoms with Gasteiger partial charge in [0.25, 0.3) is 5.91 Å². The van der Waals surface area contributed by atoms with Gasteiger partial charge in [-0.05, 0) is 60.6 Å². The Hall–Kier alpha value is -2.41. The maximum atomic E-state index is 13.1. The normalized spacial score (nSPS) is 18.6. The van der Waals surface area contributed by atoms with Crippen molar-refractivity contribution in [3.05, 3.63) is 64.7 Å². The molecule has 1 saturated heterocycles. The fourth-order valence-corrected chi connectivity index (χ4v) is 4.55. The van der Waals surface area contributed by atoms with Gasteiger partial charge in [-0.2, -0.15) is 0 Å². The number of fused-ring (bicyclic) bond motifs is 1. The summed E-state index contributed by atoms with van der Waals surface area (Å²) in [5, 5.41) is 0. The van der Waals surface area contributed by atoms with Crippen LogP contribution in [0.4, 0.5) is 0 Å². The minimum absolute atomic E-state index is 0.0761. The molecule has 0 radical (unpaired) electrons. The molecular formula is C28H37NO5. The lowest BCUT2D eigenvalue weighted by Gasteiger charge is -2.31. The van der Waals surface area contributed by atoms with Gasteiger partial charge in [-0.15, -0.1) is 0 Å². The van der Waals surface area contributed by atoms with Gasteiger partial charge >= 0.3 is 0 Å². The first-order chi connectivity index (χ1) is 16.5. The van der Waals surface area contributed by atoms with Crippen LogP contribution < -0.4 is 4.74 Å². The molecule has 2 aromatic carbocycles.